The van der Waals surface area contributed by atoms with Crippen molar-refractivity contribution >= 4 is 33.0 Å². The number of nitrogens with zero attached hydrogens (tertiary/aromatic N) is 4. The molecule has 2 aromatic heterocycles. The first-order valence-corrected chi connectivity index (χ1v) is 6.60. The van der Waals surface area contributed by atoms with Gasteiger partial charge in [-0.1, -0.05) is 0 Å². The third-order valence-electron chi connectivity index (χ3n) is 3.19. The molecule has 0 aromatic carbocycles. The van der Waals surface area contributed by atoms with Gasteiger partial charge >= 0.3 is 0 Å². The van der Waals surface area contributed by atoms with E-state index in [4.69, 9.17) is 15.6 Å². The summed E-state index contributed by atoms with van der Waals surface area (Å²) >= 11 is 3.22. The number of rotatable bonds is 2. The zero-order chi connectivity index (χ0) is 14.4. The molecule has 0 amide bonds. The lowest BCUT2D eigenvalue weighted by Crippen LogP contribution is -2.33. The van der Waals surface area contributed by atoms with Gasteiger partial charge in [0, 0.05) is 0 Å². The fourth-order valence-corrected chi connectivity index (χ4v) is 2.66. The molecule has 0 spiro atoms. The molecule has 0 saturated carbocycles. The molecule has 1 saturated heterocycles. The quantitative estimate of drug-likeness (QED) is 0.496. The summed E-state index contributed by atoms with van der Waals surface area (Å²) < 4.78 is 7.29. The smallest absolute Gasteiger partial charge is 0.223 e. The highest BCUT2D eigenvalue weighted by Gasteiger charge is 2.44. The number of aliphatic hydroxyl groups is 3. The molecule has 4 atom stereocenters. The van der Waals surface area contributed by atoms with E-state index < -0.39 is 31.1 Å². The van der Waals surface area contributed by atoms with Gasteiger partial charge in [0.25, 0.3) is 0 Å². The molecular weight excluding hydrogens is 334 g/mol. The van der Waals surface area contributed by atoms with Crippen LogP contribution in [0.1, 0.15) is 6.23 Å². The summed E-state index contributed by atoms with van der Waals surface area (Å²) in [5.41, 5.74) is 6.40. The van der Waals surface area contributed by atoms with Crippen molar-refractivity contribution in [3.63, 3.8) is 0 Å². The van der Waals surface area contributed by atoms with Crippen LogP contribution in [0, 0.1) is 0 Å². The summed E-state index contributed by atoms with van der Waals surface area (Å²) in [6.45, 7) is -0.401. The Morgan fingerprint density at radius 1 is 1.35 bits per heavy atom. The molecule has 0 unspecified atom stereocenters. The van der Waals surface area contributed by atoms with Crippen molar-refractivity contribution < 1.29 is 20.1 Å². The minimum absolute atomic E-state index is 0.0397. The number of aromatic nitrogens is 4. The van der Waals surface area contributed by atoms with Gasteiger partial charge in [-0.2, -0.15) is 4.98 Å². The summed E-state index contributed by atoms with van der Waals surface area (Å²) in [7, 11) is 0. The Morgan fingerprint density at radius 3 is 2.75 bits per heavy atom. The second kappa shape index (κ2) is 4.90. The van der Waals surface area contributed by atoms with Crippen molar-refractivity contribution in [1.29, 1.82) is 0 Å². The van der Waals surface area contributed by atoms with Gasteiger partial charge in [-0.25, -0.2) is 9.97 Å². The summed E-state index contributed by atoms with van der Waals surface area (Å²) in [4.78, 5) is 12.1. The van der Waals surface area contributed by atoms with E-state index in [0.717, 1.165) is 0 Å². The molecule has 0 bridgehead atoms. The van der Waals surface area contributed by atoms with Gasteiger partial charge in [0.05, 0.1) is 12.9 Å². The van der Waals surface area contributed by atoms with Crippen molar-refractivity contribution in [2.24, 2.45) is 0 Å². The first-order valence-electron chi connectivity index (χ1n) is 5.81. The normalized spacial score (nSPS) is 30.2. The molecule has 3 heterocycles. The molecule has 9 nitrogen and oxygen atoms in total. The topological polar surface area (TPSA) is 140 Å². The first-order chi connectivity index (χ1) is 9.52. The lowest BCUT2D eigenvalue weighted by Gasteiger charge is -2.16. The van der Waals surface area contributed by atoms with Crippen LogP contribution in [0.4, 0.5) is 5.95 Å². The van der Waals surface area contributed by atoms with E-state index >= 15 is 0 Å². The van der Waals surface area contributed by atoms with Gasteiger partial charge in [-0.15, -0.1) is 0 Å². The maximum absolute atomic E-state index is 10.0. The van der Waals surface area contributed by atoms with Gasteiger partial charge in [-0.3, -0.25) is 4.57 Å². The molecule has 5 N–H and O–H groups in total. The highest BCUT2D eigenvalue weighted by molar-refractivity contribution is 9.10. The van der Waals surface area contributed by atoms with Crippen LogP contribution in [0.15, 0.2) is 10.9 Å². The number of halogens is 1. The standard InChI is InChI=1S/C10H12BrN5O4/c11-7-4-8(15-10(12)14-7)16(2-13-4)9-6(19)5(18)3(1-17)20-9/h2-3,5-6,9,17-19H,1H2,(H2,12,14,15)/t3-,5-,6-,9-/m1/s1. The summed E-state index contributed by atoms with van der Waals surface area (Å²) in [6.07, 6.45) is -2.77. The van der Waals surface area contributed by atoms with E-state index in [2.05, 4.69) is 30.9 Å². The van der Waals surface area contributed by atoms with E-state index in [1.54, 1.807) is 0 Å². The van der Waals surface area contributed by atoms with Crippen molar-refractivity contribution in [3.05, 3.63) is 10.9 Å². The average molecular weight is 346 g/mol. The fraction of sp³-hybridized carbons (Fsp3) is 0.500. The highest BCUT2D eigenvalue weighted by Crippen LogP contribution is 2.32. The minimum Gasteiger partial charge on any atom is -0.394 e. The molecule has 108 valence electrons. The van der Waals surface area contributed by atoms with Crippen LogP contribution >= 0.6 is 15.9 Å². The van der Waals surface area contributed by atoms with Gasteiger partial charge < -0.3 is 25.8 Å². The molecule has 10 heteroatoms. The first kappa shape index (κ1) is 13.6. The summed E-state index contributed by atoms with van der Waals surface area (Å²) in [5.74, 6) is 0.0397. The van der Waals surface area contributed by atoms with Crippen LogP contribution < -0.4 is 5.73 Å². The molecule has 0 aliphatic carbocycles. The van der Waals surface area contributed by atoms with Crippen LogP contribution in [0.2, 0.25) is 0 Å². The van der Waals surface area contributed by atoms with E-state index in [1.807, 2.05) is 0 Å². The van der Waals surface area contributed by atoms with Crippen molar-refractivity contribution in [2.75, 3.05) is 12.3 Å². The molecule has 2 aromatic rings. The lowest BCUT2D eigenvalue weighted by atomic mass is 10.1. The van der Waals surface area contributed by atoms with E-state index in [-0.39, 0.29) is 5.95 Å². The zero-order valence-electron chi connectivity index (χ0n) is 10.1. The van der Waals surface area contributed by atoms with Crippen molar-refractivity contribution in [2.45, 2.75) is 24.5 Å². The third-order valence-corrected chi connectivity index (χ3v) is 3.74. The summed E-state index contributed by atoms with van der Waals surface area (Å²) in [5, 5.41) is 28.9. The molecule has 3 rings (SSSR count). The lowest BCUT2D eigenvalue weighted by molar-refractivity contribution is -0.0511. The Morgan fingerprint density at radius 2 is 2.10 bits per heavy atom. The van der Waals surface area contributed by atoms with Crippen LogP contribution in [-0.2, 0) is 4.74 Å². The molecule has 0 radical (unpaired) electrons. The van der Waals surface area contributed by atoms with Gasteiger partial charge in [0.15, 0.2) is 11.9 Å². The van der Waals surface area contributed by atoms with Gasteiger partial charge in [-0.05, 0) is 15.9 Å². The largest absolute Gasteiger partial charge is 0.394 e. The number of aliphatic hydroxyl groups excluding tert-OH is 3. The van der Waals surface area contributed by atoms with Crippen molar-refractivity contribution in [3.8, 4) is 0 Å². The number of hydrogen-bond donors (Lipinski definition) is 4. The third kappa shape index (κ3) is 1.96. The Kier molecular flexibility index (Phi) is 3.34. The zero-order valence-corrected chi connectivity index (χ0v) is 11.7. The molecule has 1 fully saturated rings. The number of anilines is 1. The Labute approximate surface area is 121 Å². The molecule has 1 aliphatic rings. The van der Waals surface area contributed by atoms with Crippen LogP contribution in [0.3, 0.4) is 0 Å². The predicted octanol–water partition coefficient (Wildman–Crippen LogP) is -1.22. The number of nitrogens with two attached hydrogens (primary N) is 1. The van der Waals surface area contributed by atoms with Crippen LogP contribution in [-0.4, -0.2) is 59.8 Å². The monoisotopic (exact) mass is 345 g/mol. The van der Waals surface area contributed by atoms with E-state index in [9.17, 15) is 10.2 Å². The number of ether oxygens (including phenoxy) is 1. The Bertz CT molecular complexity index is 650. The second-order valence-corrected chi connectivity index (χ2v) is 5.18. The Balaban J connectivity index is 2.07. The molecular formula is C10H12BrN5O4. The van der Waals surface area contributed by atoms with Crippen LogP contribution in [0.25, 0.3) is 11.2 Å². The maximum Gasteiger partial charge on any atom is 0.223 e. The SMILES string of the molecule is Nc1nc(Br)c2ncn([C@@H]3O[C@H](CO)[C@@H](O)[C@H]3O)c2n1. The minimum atomic E-state index is -1.21. The number of fused-ring (bicyclic) bond motifs is 1. The van der Waals surface area contributed by atoms with E-state index in [0.29, 0.717) is 15.8 Å². The highest BCUT2D eigenvalue weighted by atomic mass is 79.9. The van der Waals surface area contributed by atoms with Crippen LogP contribution in [0.5, 0.6) is 0 Å². The predicted molar refractivity (Wildman–Crippen MR) is 70.4 cm³/mol. The van der Waals surface area contributed by atoms with Crippen molar-refractivity contribution in [1.82, 2.24) is 19.5 Å². The number of hydrogen-bond acceptors (Lipinski definition) is 8. The average Bonchev–Trinajstić information content (AvgIpc) is 2.93. The molecule has 1 aliphatic heterocycles. The summed E-state index contributed by atoms with van der Waals surface area (Å²) in [6, 6.07) is 0. The number of nitrogen functional groups attached to an aromatic ring is 1. The second-order valence-electron chi connectivity index (χ2n) is 4.43. The van der Waals surface area contributed by atoms with E-state index in [1.165, 1.54) is 10.9 Å². The Hall–Kier alpha value is -1.33. The van der Waals surface area contributed by atoms with Gasteiger partial charge in [0.2, 0.25) is 5.95 Å². The fourth-order valence-electron chi connectivity index (χ4n) is 2.19. The number of imidazole rings is 1. The molecule has 20 heavy (non-hydrogen) atoms. The van der Waals surface area contributed by atoms with Gasteiger partial charge in [0.1, 0.15) is 28.4 Å². The maximum atomic E-state index is 10.0.